The van der Waals surface area contributed by atoms with Gasteiger partial charge in [0.15, 0.2) is 6.10 Å². The van der Waals surface area contributed by atoms with E-state index in [0.717, 1.165) is 31.5 Å². The minimum absolute atomic E-state index is 0.258. The number of aliphatic hydroxyl groups is 1. The third-order valence-corrected chi connectivity index (χ3v) is 3.37. The highest BCUT2D eigenvalue weighted by Gasteiger charge is 2.29. The molecular weight excluding hydrogens is 242 g/mol. The van der Waals surface area contributed by atoms with Crippen LogP contribution in [0.1, 0.15) is 25.3 Å². The number of pyridine rings is 1. The molecule has 1 aromatic rings. The lowest BCUT2D eigenvalue weighted by molar-refractivity contribution is -0.0640. The fraction of sp³-hybridized carbons (Fsp3) is 0.571. The van der Waals surface area contributed by atoms with Crippen molar-refractivity contribution < 1.29 is 9.94 Å². The number of aliphatic hydroxyl groups excluding tert-OH is 1. The molecule has 1 aliphatic rings. The number of piperidine rings is 1. The van der Waals surface area contributed by atoms with Crippen LogP contribution in [0.2, 0.25) is 0 Å². The van der Waals surface area contributed by atoms with Gasteiger partial charge in [0.1, 0.15) is 0 Å². The molecule has 2 rings (SSSR count). The van der Waals surface area contributed by atoms with Crippen LogP contribution in [0.5, 0.6) is 0 Å². The topological polar surface area (TPSA) is 66.7 Å². The number of nitrogens with one attached hydrogen (secondary N) is 1. The van der Waals surface area contributed by atoms with Gasteiger partial charge in [0.2, 0.25) is 0 Å². The first-order valence-electron chi connectivity index (χ1n) is 6.75. The zero-order valence-corrected chi connectivity index (χ0v) is 11.2. The Morgan fingerprint density at radius 2 is 2.32 bits per heavy atom. The summed E-state index contributed by atoms with van der Waals surface area (Å²) >= 11 is 0. The Balaban J connectivity index is 1.91. The van der Waals surface area contributed by atoms with Crippen molar-refractivity contribution in [2.75, 3.05) is 13.1 Å². The molecule has 5 nitrogen and oxygen atoms in total. The average molecular weight is 263 g/mol. The Hall–Kier alpha value is -1.46. The molecular formula is C14H21N3O2. The van der Waals surface area contributed by atoms with Crippen LogP contribution in [0.25, 0.3) is 0 Å². The highest BCUT2D eigenvalue weighted by molar-refractivity contribution is 5.78. The maximum atomic E-state index is 9.82. The summed E-state index contributed by atoms with van der Waals surface area (Å²) in [5.74, 6) is 0.309. The Morgan fingerprint density at radius 1 is 1.53 bits per heavy atom. The molecule has 5 heteroatoms. The van der Waals surface area contributed by atoms with Crippen LogP contribution in [0.4, 0.5) is 0 Å². The lowest BCUT2D eigenvalue weighted by Gasteiger charge is -2.30. The Bertz CT molecular complexity index is 389. The molecule has 0 bridgehead atoms. The Morgan fingerprint density at radius 3 is 2.95 bits per heavy atom. The minimum Gasteiger partial charge on any atom is -0.389 e. The van der Waals surface area contributed by atoms with Gasteiger partial charge in [-0.05, 0) is 44.0 Å². The van der Waals surface area contributed by atoms with Crippen LogP contribution in [0.3, 0.4) is 0 Å². The molecule has 0 aromatic carbocycles. The zero-order valence-electron chi connectivity index (χ0n) is 11.2. The fourth-order valence-electron chi connectivity index (χ4n) is 2.34. The number of nitrogens with zero attached hydrogens (tertiary/aromatic N) is 2. The monoisotopic (exact) mass is 263 g/mol. The van der Waals surface area contributed by atoms with Crippen LogP contribution in [-0.4, -0.2) is 41.6 Å². The molecule has 0 spiro atoms. The van der Waals surface area contributed by atoms with Crippen molar-refractivity contribution in [3.05, 3.63) is 30.1 Å². The molecule has 0 radical (unpaired) electrons. The predicted molar refractivity (Wildman–Crippen MR) is 74.0 cm³/mol. The number of hydrogen-bond acceptors (Lipinski definition) is 5. The normalized spacial score (nSPS) is 23.2. The van der Waals surface area contributed by atoms with Crippen molar-refractivity contribution in [2.45, 2.75) is 32.0 Å². The molecule has 0 amide bonds. The van der Waals surface area contributed by atoms with Crippen LogP contribution < -0.4 is 5.32 Å². The zero-order chi connectivity index (χ0) is 13.5. The lowest BCUT2D eigenvalue weighted by atomic mass is 9.91. The van der Waals surface area contributed by atoms with Gasteiger partial charge in [0.05, 0.1) is 12.3 Å². The first kappa shape index (κ1) is 14.0. The highest BCUT2D eigenvalue weighted by atomic mass is 16.6. The second-order valence-electron chi connectivity index (χ2n) is 4.93. The first-order valence-corrected chi connectivity index (χ1v) is 6.75. The van der Waals surface area contributed by atoms with Gasteiger partial charge in [-0.25, -0.2) is 0 Å². The molecule has 104 valence electrons. The van der Waals surface area contributed by atoms with Crippen LogP contribution >= 0.6 is 0 Å². The van der Waals surface area contributed by atoms with Crippen molar-refractivity contribution in [3.63, 3.8) is 0 Å². The van der Waals surface area contributed by atoms with E-state index in [9.17, 15) is 5.11 Å². The van der Waals surface area contributed by atoms with E-state index in [1.165, 1.54) is 0 Å². The minimum atomic E-state index is -0.528. The third kappa shape index (κ3) is 4.29. The second-order valence-corrected chi connectivity index (χ2v) is 4.93. The van der Waals surface area contributed by atoms with Gasteiger partial charge in [0, 0.05) is 24.9 Å². The molecule has 3 unspecified atom stereocenters. The van der Waals surface area contributed by atoms with E-state index in [0.29, 0.717) is 5.92 Å². The summed E-state index contributed by atoms with van der Waals surface area (Å²) < 4.78 is 0. The molecule has 19 heavy (non-hydrogen) atoms. The van der Waals surface area contributed by atoms with Gasteiger partial charge in [-0.3, -0.25) is 4.98 Å². The van der Waals surface area contributed by atoms with Gasteiger partial charge < -0.3 is 15.3 Å². The molecule has 2 heterocycles. The Kier molecular flexibility index (Phi) is 5.30. The van der Waals surface area contributed by atoms with Gasteiger partial charge in [-0.15, -0.1) is 0 Å². The first-order chi connectivity index (χ1) is 9.27. The summed E-state index contributed by atoms with van der Waals surface area (Å²) in [4.78, 5) is 9.45. The third-order valence-electron chi connectivity index (χ3n) is 3.37. The van der Waals surface area contributed by atoms with E-state index >= 15 is 0 Å². The van der Waals surface area contributed by atoms with Gasteiger partial charge in [-0.2, -0.15) is 0 Å². The summed E-state index contributed by atoms with van der Waals surface area (Å²) in [5.41, 5.74) is 0.932. The smallest absolute Gasteiger partial charge is 0.156 e. The van der Waals surface area contributed by atoms with Crippen molar-refractivity contribution in [1.29, 1.82) is 0 Å². The predicted octanol–water partition coefficient (Wildman–Crippen LogP) is 1.18. The molecule has 1 saturated heterocycles. The molecule has 1 aliphatic heterocycles. The fourth-order valence-corrected chi connectivity index (χ4v) is 2.34. The number of oxime groups is 1. The Labute approximate surface area is 113 Å². The largest absolute Gasteiger partial charge is 0.389 e. The molecule has 2 N–H and O–H groups in total. The molecule has 0 aliphatic carbocycles. The van der Waals surface area contributed by atoms with E-state index in [2.05, 4.69) is 15.5 Å². The van der Waals surface area contributed by atoms with Crippen LogP contribution in [-0.2, 0) is 4.84 Å². The molecule has 0 saturated carbocycles. The van der Waals surface area contributed by atoms with Crippen molar-refractivity contribution in [1.82, 2.24) is 10.3 Å². The van der Waals surface area contributed by atoms with E-state index in [1.54, 1.807) is 25.5 Å². The maximum absolute atomic E-state index is 9.82. The summed E-state index contributed by atoms with van der Waals surface area (Å²) in [7, 11) is 0. The van der Waals surface area contributed by atoms with E-state index in [-0.39, 0.29) is 6.10 Å². The number of rotatable bonds is 5. The van der Waals surface area contributed by atoms with E-state index in [1.807, 2.05) is 12.1 Å². The van der Waals surface area contributed by atoms with Gasteiger partial charge in [0.25, 0.3) is 0 Å². The average Bonchev–Trinajstić information content (AvgIpc) is 2.45. The SMILES string of the molecule is CC(O)C(ON=Cc1ccncc1)C1CCCNC1. The second kappa shape index (κ2) is 7.21. The summed E-state index contributed by atoms with van der Waals surface area (Å²) in [6, 6.07) is 3.71. The van der Waals surface area contributed by atoms with Gasteiger partial charge >= 0.3 is 0 Å². The van der Waals surface area contributed by atoms with Crippen LogP contribution in [0, 0.1) is 5.92 Å². The summed E-state index contributed by atoms with van der Waals surface area (Å²) in [5, 5.41) is 17.1. The van der Waals surface area contributed by atoms with E-state index in [4.69, 9.17) is 4.84 Å². The summed E-state index contributed by atoms with van der Waals surface area (Å²) in [6.07, 6.45) is 6.45. The number of hydrogen-bond donors (Lipinski definition) is 2. The standard InChI is InChI=1S/C14H21N3O2/c1-11(18)14(13-3-2-6-16-10-13)19-17-9-12-4-7-15-8-5-12/h4-5,7-9,11,13-14,16,18H,2-3,6,10H2,1H3. The van der Waals surface area contributed by atoms with Crippen LogP contribution in [0.15, 0.2) is 29.7 Å². The van der Waals surface area contributed by atoms with Gasteiger partial charge in [-0.1, -0.05) is 5.16 Å². The van der Waals surface area contributed by atoms with Crippen molar-refractivity contribution in [2.24, 2.45) is 11.1 Å². The quantitative estimate of drug-likeness (QED) is 0.618. The maximum Gasteiger partial charge on any atom is 0.156 e. The van der Waals surface area contributed by atoms with Crippen molar-refractivity contribution >= 4 is 6.21 Å². The molecule has 1 aromatic heterocycles. The lowest BCUT2D eigenvalue weighted by Crippen LogP contribution is -2.42. The molecule has 1 fully saturated rings. The van der Waals surface area contributed by atoms with E-state index < -0.39 is 6.10 Å². The number of aromatic nitrogens is 1. The molecule has 3 atom stereocenters. The van der Waals surface area contributed by atoms with Crippen molar-refractivity contribution in [3.8, 4) is 0 Å². The highest BCUT2D eigenvalue weighted by Crippen LogP contribution is 2.20. The summed E-state index contributed by atoms with van der Waals surface area (Å²) in [6.45, 7) is 3.67.